The van der Waals surface area contributed by atoms with Gasteiger partial charge in [-0.2, -0.15) is 0 Å². The quantitative estimate of drug-likeness (QED) is 0.192. The molecule has 2 atom stereocenters. The molecule has 0 aliphatic carbocycles. The number of amides is 1. The molecule has 0 saturated heterocycles. The Bertz CT molecular complexity index is 1840. The maximum Gasteiger partial charge on any atom is 0.270 e. The first kappa shape index (κ1) is 29.9. The number of halogens is 1. The minimum Gasteiger partial charge on any atom is -0.456 e. The summed E-state index contributed by atoms with van der Waals surface area (Å²) in [5.74, 6) is -0.0299. The predicted molar refractivity (Wildman–Crippen MR) is 174 cm³/mol. The van der Waals surface area contributed by atoms with Gasteiger partial charge in [0.1, 0.15) is 33.8 Å². The van der Waals surface area contributed by atoms with Gasteiger partial charge in [0.2, 0.25) is 0 Å². The van der Waals surface area contributed by atoms with Crippen molar-refractivity contribution in [3.05, 3.63) is 113 Å². The number of hydrogen-bond donors (Lipinski definition) is 1. The normalized spacial score (nSPS) is 15.8. The number of furan rings is 1. The van der Waals surface area contributed by atoms with Crippen LogP contribution in [0.3, 0.4) is 0 Å². The van der Waals surface area contributed by atoms with Crippen molar-refractivity contribution in [2.45, 2.75) is 64.4 Å². The molecular weight excluding hydrogens is 573 g/mol. The van der Waals surface area contributed by atoms with E-state index >= 15 is 0 Å². The minimum absolute atomic E-state index is 0.0414. The maximum absolute atomic E-state index is 14.3. The molecule has 0 radical (unpaired) electrons. The lowest BCUT2D eigenvalue weighted by atomic mass is 9.94. The molecule has 1 aliphatic rings. The maximum atomic E-state index is 14.3. The largest absolute Gasteiger partial charge is 0.456 e. The van der Waals surface area contributed by atoms with Crippen LogP contribution in [0, 0.1) is 5.82 Å². The number of benzene rings is 3. The molecule has 6 rings (SSSR count). The molecule has 0 saturated carbocycles. The summed E-state index contributed by atoms with van der Waals surface area (Å²) < 4.78 is 35.8. The van der Waals surface area contributed by atoms with Gasteiger partial charge < -0.3 is 9.73 Å². The molecule has 5 aromatic rings. The topological polar surface area (TPSA) is 75.4 Å². The molecule has 0 spiro atoms. The van der Waals surface area contributed by atoms with Crippen LogP contribution in [-0.4, -0.2) is 24.2 Å². The van der Waals surface area contributed by atoms with Crippen LogP contribution in [0.5, 0.6) is 0 Å². The van der Waals surface area contributed by atoms with Crippen molar-refractivity contribution in [1.82, 2.24) is 14.6 Å². The third kappa shape index (κ3) is 5.84. The molecule has 1 N–H and O–H groups in total. The number of nitrogens with one attached hydrogen (secondary N) is 1. The van der Waals surface area contributed by atoms with Gasteiger partial charge >= 0.3 is 0 Å². The predicted octanol–water partition coefficient (Wildman–Crippen LogP) is 8.35. The van der Waals surface area contributed by atoms with Crippen LogP contribution in [0.2, 0.25) is 0 Å². The number of rotatable bonds is 8. The zero-order valence-electron chi connectivity index (χ0n) is 25.4. The Kier molecular flexibility index (Phi) is 8.22. The van der Waals surface area contributed by atoms with Crippen molar-refractivity contribution in [2.24, 2.45) is 0 Å². The highest BCUT2D eigenvalue weighted by molar-refractivity contribution is 7.84. The molecule has 1 amide bonds. The summed E-state index contributed by atoms with van der Waals surface area (Å²) in [6, 6.07) is 26.0. The molecular formula is C36H36FN3O3S. The lowest BCUT2D eigenvalue weighted by Gasteiger charge is -2.30. The molecule has 0 bridgehead atoms. The molecule has 226 valence electrons. The van der Waals surface area contributed by atoms with Gasteiger partial charge in [-0.1, -0.05) is 67.9 Å². The third-order valence-electron chi connectivity index (χ3n) is 7.93. The van der Waals surface area contributed by atoms with Crippen molar-refractivity contribution in [3.8, 4) is 22.6 Å². The van der Waals surface area contributed by atoms with E-state index in [9.17, 15) is 13.4 Å². The molecule has 0 unspecified atom stereocenters. The monoisotopic (exact) mass is 609 g/mol. The molecule has 3 aromatic carbocycles. The smallest absolute Gasteiger partial charge is 0.270 e. The summed E-state index contributed by atoms with van der Waals surface area (Å²) in [6.07, 6.45) is 1.69. The summed E-state index contributed by atoms with van der Waals surface area (Å²) >= 11 is 0. The van der Waals surface area contributed by atoms with Gasteiger partial charge in [0.25, 0.3) is 5.91 Å². The highest BCUT2D eigenvalue weighted by Gasteiger charge is 2.40. The van der Waals surface area contributed by atoms with Gasteiger partial charge in [-0.3, -0.25) is 4.79 Å². The summed E-state index contributed by atoms with van der Waals surface area (Å²) in [5, 5.41) is 3.86. The Morgan fingerprint density at radius 3 is 2.52 bits per heavy atom. The Hall–Kier alpha value is -4.14. The second-order valence-electron chi connectivity index (χ2n) is 12.2. The number of fused-ring (bicyclic) bond motifs is 2. The zero-order chi connectivity index (χ0) is 31.0. The van der Waals surface area contributed by atoms with Crippen LogP contribution < -0.4 is 5.32 Å². The Morgan fingerprint density at radius 2 is 1.77 bits per heavy atom. The third-order valence-corrected chi connectivity index (χ3v) is 9.78. The van der Waals surface area contributed by atoms with Crippen molar-refractivity contribution in [3.63, 3.8) is 0 Å². The van der Waals surface area contributed by atoms with Crippen molar-refractivity contribution in [1.29, 1.82) is 0 Å². The number of pyridine rings is 1. The molecule has 8 heteroatoms. The van der Waals surface area contributed by atoms with Gasteiger partial charge in [0.05, 0.1) is 16.5 Å². The van der Waals surface area contributed by atoms with E-state index < -0.39 is 21.6 Å². The van der Waals surface area contributed by atoms with E-state index in [1.165, 1.54) is 6.07 Å². The van der Waals surface area contributed by atoms with Crippen molar-refractivity contribution in [2.75, 3.05) is 0 Å². The Balaban J connectivity index is 1.45. The number of aromatic nitrogens is 1. The van der Waals surface area contributed by atoms with Crippen LogP contribution in [0.15, 0.2) is 89.3 Å². The highest BCUT2D eigenvalue weighted by atomic mass is 32.2. The van der Waals surface area contributed by atoms with Gasteiger partial charge in [0, 0.05) is 40.7 Å². The molecule has 6 nitrogen and oxygen atoms in total. The van der Waals surface area contributed by atoms with Crippen molar-refractivity contribution >= 4 is 27.9 Å². The molecule has 44 heavy (non-hydrogen) atoms. The van der Waals surface area contributed by atoms with E-state index in [1.54, 1.807) is 24.3 Å². The van der Waals surface area contributed by atoms with Crippen LogP contribution >= 0.6 is 0 Å². The van der Waals surface area contributed by atoms with Crippen LogP contribution in [0.25, 0.3) is 33.6 Å². The second kappa shape index (κ2) is 12.1. The highest BCUT2D eigenvalue weighted by Crippen LogP contribution is 2.45. The zero-order valence-corrected chi connectivity index (χ0v) is 26.2. The summed E-state index contributed by atoms with van der Waals surface area (Å²) in [6.45, 7) is 8.54. The van der Waals surface area contributed by atoms with E-state index in [2.05, 4.69) is 12.2 Å². The number of carbonyl (C=O) groups is 1. The first-order valence-corrected chi connectivity index (χ1v) is 16.1. The molecule has 0 fully saturated rings. The fourth-order valence-corrected chi connectivity index (χ4v) is 7.21. The fraction of sp³-hybridized carbons (Fsp3) is 0.278. The number of carbonyl (C=O) groups excluding carboxylic acids is 1. The summed E-state index contributed by atoms with van der Waals surface area (Å²) in [7, 11) is -1.28. The lowest BCUT2D eigenvalue weighted by molar-refractivity contribution is 0.0945. The van der Waals surface area contributed by atoms with E-state index in [-0.39, 0.29) is 24.1 Å². The first-order valence-electron chi connectivity index (χ1n) is 15.0. The molecule has 3 heterocycles. The molecule has 1 aliphatic heterocycles. The second-order valence-corrected chi connectivity index (χ2v) is 14.4. The molecule has 2 aromatic heterocycles. The first-order chi connectivity index (χ1) is 21.1. The Morgan fingerprint density at radius 1 is 1.02 bits per heavy atom. The van der Waals surface area contributed by atoms with Gasteiger partial charge in [-0.15, -0.1) is 0 Å². The number of hydrogen-bond acceptors (Lipinski definition) is 4. The number of para-hydroxylation sites is 1. The van der Waals surface area contributed by atoms with Crippen LogP contribution in [0.4, 0.5) is 4.39 Å². The van der Waals surface area contributed by atoms with E-state index in [0.29, 0.717) is 17.8 Å². The van der Waals surface area contributed by atoms with Gasteiger partial charge in [-0.25, -0.2) is 17.9 Å². The van der Waals surface area contributed by atoms with Crippen molar-refractivity contribution < 1.29 is 17.8 Å². The SMILES string of the molecule is CCC[C@@H]1c2c(cc(C(=O)NCc3ccccc3F)nc2-c2cccc(-c3cc4ccccc4o3)c2)CN1[S@](=O)C(C)(C)C. The summed E-state index contributed by atoms with van der Waals surface area (Å²) in [5.41, 5.74) is 5.79. The number of nitrogens with zero attached hydrogens (tertiary/aromatic N) is 2. The average Bonchev–Trinajstić information content (AvgIpc) is 3.61. The van der Waals surface area contributed by atoms with Gasteiger partial charge in [-0.05, 0) is 63.1 Å². The van der Waals surface area contributed by atoms with E-state index in [1.807, 2.05) is 79.7 Å². The van der Waals surface area contributed by atoms with Crippen LogP contribution in [0.1, 0.15) is 73.8 Å². The lowest BCUT2D eigenvalue weighted by Crippen LogP contribution is -2.36. The van der Waals surface area contributed by atoms with E-state index in [4.69, 9.17) is 9.40 Å². The average molecular weight is 610 g/mol. The fourth-order valence-electron chi connectivity index (χ4n) is 5.81. The Labute approximate surface area is 259 Å². The van der Waals surface area contributed by atoms with Gasteiger partial charge in [0.15, 0.2) is 0 Å². The van der Waals surface area contributed by atoms with Crippen LogP contribution in [-0.2, 0) is 24.1 Å². The summed E-state index contributed by atoms with van der Waals surface area (Å²) in [4.78, 5) is 18.5. The standard InChI is InChI=1S/C36H36FN3O3S/c1-5-11-30-33-27(22-40(30)44(42)36(2,3)4)19-29(35(41)38-21-26-13-6-8-16-28(26)37)39-34(33)25-15-10-14-23(18-25)32-20-24-12-7-9-17-31(24)43-32/h6-10,12-20,30H,5,11,21-22H2,1-4H3,(H,38,41)/t30-,44-/m1/s1. The minimum atomic E-state index is -1.28. The van der Waals surface area contributed by atoms with E-state index in [0.717, 1.165) is 51.8 Å².